The third-order valence-electron chi connectivity index (χ3n) is 2.49. The van der Waals surface area contributed by atoms with Crippen LogP contribution in [0.4, 0.5) is 5.69 Å². The lowest BCUT2D eigenvalue weighted by Gasteiger charge is -2.10. The van der Waals surface area contributed by atoms with Crippen molar-refractivity contribution in [1.29, 1.82) is 0 Å². The van der Waals surface area contributed by atoms with E-state index in [4.69, 9.17) is 5.73 Å². The number of nitro benzene ring substituents is 1. The number of carbonyl (C=O) groups excluding carboxylic acids is 1. The number of benzene rings is 1. The summed E-state index contributed by atoms with van der Waals surface area (Å²) in [5.41, 5.74) is 5.21. The minimum atomic E-state index is -4.15. The summed E-state index contributed by atoms with van der Waals surface area (Å²) in [6.07, 6.45) is 0. The second kappa shape index (κ2) is 5.94. The van der Waals surface area contributed by atoms with E-state index in [-0.39, 0.29) is 10.6 Å². The molecular weight excluding hydrogens is 290 g/mol. The molecule has 0 aromatic heterocycles. The highest BCUT2D eigenvalue weighted by atomic mass is 32.2. The number of hydrogen-bond donors (Lipinski definition) is 2. The zero-order chi connectivity index (χ0) is 15.5. The number of nitrogens with one attached hydrogen (secondary N) is 1. The van der Waals surface area contributed by atoms with Gasteiger partial charge in [0.25, 0.3) is 15.7 Å². The molecule has 0 bridgehead atoms. The monoisotopic (exact) mass is 303 g/mol. The standard InChI is InChI=1S/C10H13N3O6S/c1-6-3-8(13(15)16)4-9(7(6)2)20(17,18)12-19-5-10(11)14/h3-4,12H,5H2,1-2H3,(H2,11,14). The second-order valence-electron chi connectivity index (χ2n) is 3.98. The highest BCUT2D eigenvalue weighted by Crippen LogP contribution is 2.25. The number of nitrogens with zero attached hydrogens (tertiary/aromatic N) is 1. The summed E-state index contributed by atoms with van der Waals surface area (Å²) in [6.45, 7) is 2.40. The lowest BCUT2D eigenvalue weighted by Crippen LogP contribution is -2.30. The van der Waals surface area contributed by atoms with Gasteiger partial charge < -0.3 is 5.73 Å². The molecule has 9 nitrogen and oxygen atoms in total. The summed E-state index contributed by atoms with van der Waals surface area (Å²) >= 11 is 0. The van der Waals surface area contributed by atoms with E-state index in [0.29, 0.717) is 11.1 Å². The van der Waals surface area contributed by atoms with E-state index in [9.17, 15) is 23.3 Å². The predicted octanol–water partition coefficient (Wildman–Crippen LogP) is -0.0932. The average Bonchev–Trinajstić information content (AvgIpc) is 2.31. The fourth-order valence-electron chi connectivity index (χ4n) is 1.42. The second-order valence-corrected chi connectivity index (χ2v) is 5.60. The number of nitro groups is 1. The molecule has 3 N–H and O–H groups in total. The van der Waals surface area contributed by atoms with Gasteiger partial charge in [-0.25, -0.2) is 8.42 Å². The summed E-state index contributed by atoms with van der Waals surface area (Å²) in [5, 5.41) is 10.7. The van der Waals surface area contributed by atoms with Gasteiger partial charge in [-0.1, -0.05) is 4.89 Å². The van der Waals surface area contributed by atoms with Crippen molar-refractivity contribution in [3.8, 4) is 0 Å². The summed E-state index contributed by atoms with van der Waals surface area (Å²) in [4.78, 5) is 26.3. The van der Waals surface area contributed by atoms with Gasteiger partial charge in [-0.2, -0.15) is 0 Å². The van der Waals surface area contributed by atoms with Crippen LogP contribution in [0.2, 0.25) is 0 Å². The van der Waals surface area contributed by atoms with E-state index in [1.54, 1.807) is 11.8 Å². The molecule has 110 valence electrons. The molecule has 0 aliphatic rings. The lowest BCUT2D eigenvalue weighted by atomic mass is 10.1. The van der Waals surface area contributed by atoms with Crippen LogP contribution >= 0.6 is 0 Å². The van der Waals surface area contributed by atoms with Gasteiger partial charge in [0.1, 0.15) is 6.61 Å². The maximum Gasteiger partial charge on any atom is 0.271 e. The quantitative estimate of drug-likeness (QED) is 0.555. The minimum Gasteiger partial charge on any atom is -0.368 e. The molecule has 0 saturated carbocycles. The molecule has 0 atom stereocenters. The van der Waals surface area contributed by atoms with E-state index < -0.39 is 27.5 Å². The molecule has 0 saturated heterocycles. The van der Waals surface area contributed by atoms with Crippen molar-refractivity contribution in [1.82, 2.24) is 4.89 Å². The number of nitrogens with two attached hydrogens (primary N) is 1. The highest BCUT2D eigenvalue weighted by molar-refractivity contribution is 7.89. The maximum absolute atomic E-state index is 12.0. The van der Waals surface area contributed by atoms with Crippen molar-refractivity contribution in [3.05, 3.63) is 33.4 Å². The Labute approximate surface area is 114 Å². The molecule has 1 amide bonds. The molecule has 0 heterocycles. The first-order valence-electron chi connectivity index (χ1n) is 5.32. The predicted molar refractivity (Wildman–Crippen MR) is 68.0 cm³/mol. The van der Waals surface area contributed by atoms with Crippen LogP contribution in [-0.4, -0.2) is 25.9 Å². The van der Waals surface area contributed by atoms with Gasteiger partial charge in [0.2, 0.25) is 5.91 Å². The maximum atomic E-state index is 12.0. The summed E-state index contributed by atoms with van der Waals surface area (Å²) in [7, 11) is -4.15. The van der Waals surface area contributed by atoms with E-state index in [0.717, 1.165) is 6.07 Å². The van der Waals surface area contributed by atoms with Crippen molar-refractivity contribution in [2.75, 3.05) is 6.61 Å². The number of sulfonamides is 1. The Morgan fingerprint density at radius 2 is 2.05 bits per heavy atom. The zero-order valence-electron chi connectivity index (χ0n) is 10.7. The van der Waals surface area contributed by atoms with Gasteiger partial charge in [-0.3, -0.25) is 19.7 Å². The molecule has 1 aromatic rings. The number of non-ortho nitro benzene ring substituents is 1. The van der Waals surface area contributed by atoms with Crippen molar-refractivity contribution in [3.63, 3.8) is 0 Å². The molecule has 10 heteroatoms. The Kier molecular flexibility index (Phi) is 4.76. The van der Waals surface area contributed by atoms with Crippen LogP contribution in [0.3, 0.4) is 0 Å². The molecular formula is C10H13N3O6S. The summed E-state index contributed by atoms with van der Waals surface area (Å²) < 4.78 is 23.9. The number of hydrogen-bond acceptors (Lipinski definition) is 6. The fraction of sp³-hybridized carbons (Fsp3) is 0.300. The first-order valence-corrected chi connectivity index (χ1v) is 6.81. The smallest absolute Gasteiger partial charge is 0.271 e. The Morgan fingerprint density at radius 3 is 2.55 bits per heavy atom. The fourth-order valence-corrected chi connectivity index (χ4v) is 2.56. The normalized spacial score (nSPS) is 11.3. The number of primary amides is 1. The topological polar surface area (TPSA) is 142 Å². The average molecular weight is 303 g/mol. The van der Waals surface area contributed by atoms with Crippen LogP contribution in [0.15, 0.2) is 17.0 Å². The molecule has 0 fully saturated rings. The Bertz CT molecular complexity index is 655. The molecule has 20 heavy (non-hydrogen) atoms. The molecule has 0 radical (unpaired) electrons. The van der Waals surface area contributed by atoms with Gasteiger partial charge in [-0.15, -0.1) is 0 Å². The van der Waals surface area contributed by atoms with Crippen LogP contribution in [0.25, 0.3) is 0 Å². The molecule has 0 aliphatic carbocycles. The van der Waals surface area contributed by atoms with Crippen LogP contribution in [0, 0.1) is 24.0 Å². The SMILES string of the molecule is Cc1cc([N+](=O)[O-])cc(S(=O)(=O)NOCC(N)=O)c1C. The molecule has 1 rings (SSSR count). The Balaban J connectivity index is 3.17. The van der Waals surface area contributed by atoms with E-state index in [1.165, 1.54) is 13.0 Å². The largest absolute Gasteiger partial charge is 0.368 e. The van der Waals surface area contributed by atoms with Crippen molar-refractivity contribution < 1.29 is 23.0 Å². The van der Waals surface area contributed by atoms with Crippen LogP contribution in [-0.2, 0) is 19.7 Å². The molecule has 0 unspecified atom stereocenters. The van der Waals surface area contributed by atoms with Crippen LogP contribution in [0.1, 0.15) is 11.1 Å². The van der Waals surface area contributed by atoms with Gasteiger partial charge in [-0.05, 0) is 25.0 Å². The van der Waals surface area contributed by atoms with E-state index in [1.807, 2.05) is 0 Å². The number of amides is 1. The van der Waals surface area contributed by atoms with E-state index >= 15 is 0 Å². The molecule has 0 aliphatic heterocycles. The van der Waals surface area contributed by atoms with E-state index in [2.05, 4.69) is 4.84 Å². The van der Waals surface area contributed by atoms with Crippen molar-refractivity contribution in [2.45, 2.75) is 18.7 Å². The zero-order valence-corrected chi connectivity index (χ0v) is 11.6. The minimum absolute atomic E-state index is 0.298. The number of rotatable bonds is 6. The van der Waals surface area contributed by atoms with Gasteiger partial charge in [0.15, 0.2) is 0 Å². The van der Waals surface area contributed by atoms with Crippen molar-refractivity contribution in [2.24, 2.45) is 5.73 Å². The van der Waals surface area contributed by atoms with Gasteiger partial charge in [0, 0.05) is 12.1 Å². The van der Waals surface area contributed by atoms with Crippen LogP contribution < -0.4 is 10.6 Å². The number of aryl methyl sites for hydroxylation is 1. The third-order valence-corrected chi connectivity index (χ3v) is 3.83. The summed E-state index contributed by atoms with van der Waals surface area (Å²) in [6, 6.07) is 2.18. The summed E-state index contributed by atoms with van der Waals surface area (Å²) in [5.74, 6) is -0.861. The number of carbonyl (C=O) groups is 1. The van der Waals surface area contributed by atoms with Gasteiger partial charge in [0.05, 0.1) is 9.82 Å². The Morgan fingerprint density at radius 1 is 1.45 bits per heavy atom. The highest BCUT2D eigenvalue weighted by Gasteiger charge is 2.22. The molecule has 0 spiro atoms. The van der Waals surface area contributed by atoms with Gasteiger partial charge >= 0.3 is 0 Å². The molecule has 1 aromatic carbocycles. The first kappa shape index (κ1) is 16.0. The lowest BCUT2D eigenvalue weighted by molar-refractivity contribution is -0.385. The third kappa shape index (κ3) is 3.73. The first-order chi connectivity index (χ1) is 9.15. The van der Waals surface area contributed by atoms with Crippen LogP contribution in [0.5, 0.6) is 0 Å². The Hall–Kier alpha value is -2.04. The van der Waals surface area contributed by atoms with Crippen molar-refractivity contribution >= 4 is 21.6 Å².